The molecule has 0 spiro atoms. The summed E-state index contributed by atoms with van der Waals surface area (Å²) < 4.78 is 1.06. The minimum atomic E-state index is 0.629. The van der Waals surface area contributed by atoms with E-state index in [2.05, 4.69) is 31.7 Å². The molecule has 5 heteroatoms. The largest absolute Gasteiger partial charge is 0.340 e. The molecule has 0 aliphatic heterocycles. The Bertz CT molecular complexity index is 528. The summed E-state index contributed by atoms with van der Waals surface area (Å²) in [5, 5.41) is 3.25. The zero-order valence-electron chi connectivity index (χ0n) is 9.37. The molecule has 0 fully saturated rings. The van der Waals surface area contributed by atoms with Crippen molar-refractivity contribution in [2.75, 3.05) is 10.7 Å². The van der Waals surface area contributed by atoms with Crippen molar-refractivity contribution in [1.82, 2.24) is 4.98 Å². The number of aromatic nitrogens is 1. The van der Waals surface area contributed by atoms with E-state index < -0.39 is 0 Å². The normalized spacial score (nSPS) is 10.1. The van der Waals surface area contributed by atoms with Crippen molar-refractivity contribution in [3.63, 3.8) is 0 Å². The second-order valence-corrected chi connectivity index (χ2v) is 4.55. The van der Waals surface area contributed by atoms with Crippen LogP contribution in [0.15, 0.2) is 40.9 Å². The predicted octanol–water partition coefficient (Wildman–Crippen LogP) is 3.18. The van der Waals surface area contributed by atoms with E-state index in [-0.39, 0.29) is 0 Å². The first-order valence-corrected chi connectivity index (χ1v) is 5.95. The molecule has 0 saturated carbocycles. The van der Waals surface area contributed by atoms with Crippen LogP contribution in [0.1, 0.15) is 5.56 Å². The Morgan fingerprint density at radius 1 is 1.18 bits per heavy atom. The Labute approximate surface area is 108 Å². The van der Waals surface area contributed by atoms with E-state index in [1.54, 1.807) is 6.07 Å². The van der Waals surface area contributed by atoms with E-state index in [1.807, 2.05) is 37.3 Å². The van der Waals surface area contributed by atoms with Crippen LogP contribution in [-0.4, -0.2) is 4.98 Å². The highest BCUT2D eigenvalue weighted by Gasteiger charge is 2.01. The smallest absolute Gasteiger partial charge is 0.142 e. The van der Waals surface area contributed by atoms with Gasteiger partial charge in [0, 0.05) is 10.2 Å². The summed E-state index contributed by atoms with van der Waals surface area (Å²) in [6.45, 7) is 2.04. The molecule has 2 aromatic rings. The van der Waals surface area contributed by atoms with Crippen molar-refractivity contribution in [3.8, 4) is 0 Å². The van der Waals surface area contributed by atoms with Gasteiger partial charge in [-0.2, -0.15) is 0 Å². The molecule has 0 radical (unpaired) electrons. The zero-order chi connectivity index (χ0) is 12.3. The molecule has 0 bridgehead atoms. The first-order chi connectivity index (χ1) is 8.19. The number of hydrazine groups is 1. The topological polar surface area (TPSA) is 63.0 Å². The highest BCUT2D eigenvalue weighted by molar-refractivity contribution is 9.10. The van der Waals surface area contributed by atoms with Gasteiger partial charge in [0.15, 0.2) is 0 Å². The lowest BCUT2D eigenvalue weighted by molar-refractivity contribution is 1.22. The lowest BCUT2D eigenvalue weighted by Gasteiger charge is -2.10. The van der Waals surface area contributed by atoms with Gasteiger partial charge in [-0.25, -0.2) is 10.8 Å². The fourth-order valence-corrected chi connectivity index (χ4v) is 1.97. The van der Waals surface area contributed by atoms with E-state index in [9.17, 15) is 0 Å². The van der Waals surface area contributed by atoms with E-state index in [4.69, 9.17) is 5.84 Å². The van der Waals surface area contributed by atoms with Crippen molar-refractivity contribution in [2.24, 2.45) is 5.84 Å². The lowest BCUT2D eigenvalue weighted by atomic mass is 10.2. The molecule has 1 heterocycles. The van der Waals surface area contributed by atoms with Gasteiger partial charge >= 0.3 is 0 Å². The van der Waals surface area contributed by atoms with E-state index in [0.717, 1.165) is 21.5 Å². The summed E-state index contributed by atoms with van der Waals surface area (Å²) in [7, 11) is 0. The molecule has 0 aliphatic rings. The number of hydrogen-bond acceptors (Lipinski definition) is 4. The van der Waals surface area contributed by atoms with Gasteiger partial charge in [0.1, 0.15) is 11.6 Å². The molecule has 17 heavy (non-hydrogen) atoms. The Balaban J connectivity index is 2.25. The summed E-state index contributed by atoms with van der Waals surface area (Å²) in [5.41, 5.74) is 4.69. The standard InChI is InChI=1S/C12H13BrN4/c1-8-7-9(13)5-6-10(8)15-11-3-2-4-12(16-11)17-14/h2-7H,14H2,1H3,(H2,15,16,17). The van der Waals surface area contributed by atoms with E-state index in [1.165, 1.54) is 0 Å². The third kappa shape index (κ3) is 2.95. The summed E-state index contributed by atoms with van der Waals surface area (Å²) in [4.78, 5) is 4.29. The van der Waals surface area contributed by atoms with E-state index in [0.29, 0.717) is 5.82 Å². The third-order valence-electron chi connectivity index (χ3n) is 2.35. The average molecular weight is 293 g/mol. The van der Waals surface area contributed by atoms with Crippen LogP contribution in [-0.2, 0) is 0 Å². The summed E-state index contributed by atoms with van der Waals surface area (Å²) in [5.74, 6) is 6.70. The second-order valence-electron chi connectivity index (χ2n) is 3.64. The Kier molecular flexibility index (Phi) is 3.61. The van der Waals surface area contributed by atoms with Crippen LogP contribution in [0.4, 0.5) is 17.3 Å². The first-order valence-electron chi connectivity index (χ1n) is 5.16. The molecule has 0 aliphatic carbocycles. The van der Waals surface area contributed by atoms with Gasteiger partial charge in [-0.3, -0.25) is 0 Å². The number of aryl methyl sites for hydroxylation is 1. The van der Waals surface area contributed by atoms with Gasteiger partial charge in [-0.15, -0.1) is 0 Å². The minimum Gasteiger partial charge on any atom is -0.340 e. The molecule has 0 unspecified atom stereocenters. The maximum atomic E-state index is 5.32. The fourth-order valence-electron chi connectivity index (χ4n) is 1.49. The molecule has 0 saturated heterocycles. The fraction of sp³-hybridized carbons (Fsp3) is 0.0833. The van der Waals surface area contributed by atoms with Gasteiger partial charge < -0.3 is 10.7 Å². The molecule has 0 atom stereocenters. The summed E-state index contributed by atoms with van der Waals surface area (Å²) >= 11 is 3.43. The van der Waals surface area contributed by atoms with Gasteiger partial charge in [-0.1, -0.05) is 22.0 Å². The highest BCUT2D eigenvalue weighted by atomic mass is 79.9. The molecule has 4 nitrogen and oxygen atoms in total. The first kappa shape index (κ1) is 11.9. The number of benzene rings is 1. The number of nitrogens with zero attached hydrogens (tertiary/aromatic N) is 1. The van der Waals surface area contributed by atoms with Crippen LogP contribution >= 0.6 is 15.9 Å². The molecule has 2 rings (SSSR count). The van der Waals surface area contributed by atoms with Crippen LogP contribution in [0.3, 0.4) is 0 Å². The summed E-state index contributed by atoms with van der Waals surface area (Å²) in [6.07, 6.45) is 0. The van der Waals surface area contributed by atoms with Crippen molar-refractivity contribution in [3.05, 3.63) is 46.4 Å². The quantitative estimate of drug-likeness (QED) is 0.601. The Morgan fingerprint density at radius 2 is 1.94 bits per heavy atom. The maximum Gasteiger partial charge on any atom is 0.142 e. The number of nitrogen functional groups attached to an aromatic ring is 1. The van der Waals surface area contributed by atoms with Crippen LogP contribution in [0.5, 0.6) is 0 Å². The summed E-state index contributed by atoms with van der Waals surface area (Å²) in [6, 6.07) is 11.6. The average Bonchev–Trinajstić information content (AvgIpc) is 2.33. The zero-order valence-corrected chi connectivity index (χ0v) is 11.0. The molecule has 1 aromatic carbocycles. The molecule has 88 valence electrons. The lowest BCUT2D eigenvalue weighted by Crippen LogP contribution is -2.09. The SMILES string of the molecule is Cc1cc(Br)ccc1Nc1cccc(NN)n1. The molecule has 0 amide bonds. The van der Waals surface area contributed by atoms with Crippen LogP contribution in [0.2, 0.25) is 0 Å². The number of nitrogens with one attached hydrogen (secondary N) is 2. The maximum absolute atomic E-state index is 5.32. The number of anilines is 3. The Morgan fingerprint density at radius 3 is 2.65 bits per heavy atom. The van der Waals surface area contributed by atoms with Gasteiger partial charge in [0.25, 0.3) is 0 Å². The molecular formula is C12H13BrN4. The highest BCUT2D eigenvalue weighted by Crippen LogP contribution is 2.23. The van der Waals surface area contributed by atoms with Crippen molar-refractivity contribution in [1.29, 1.82) is 0 Å². The molecule has 4 N–H and O–H groups in total. The number of hydrogen-bond donors (Lipinski definition) is 3. The van der Waals surface area contributed by atoms with Crippen molar-refractivity contribution in [2.45, 2.75) is 6.92 Å². The number of halogens is 1. The third-order valence-corrected chi connectivity index (χ3v) is 2.84. The number of rotatable bonds is 3. The van der Waals surface area contributed by atoms with Gasteiger partial charge in [0.05, 0.1) is 0 Å². The predicted molar refractivity (Wildman–Crippen MR) is 74.2 cm³/mol. The van der Waals surface area contributed by atoms with Gasteiger partial charge in [-0.05, 0) is 42.8 Å². The monoisotopic (exact) mass is 292 g/mol. The second kappa shape index (κ2) is 5.16. The van der Waals surface area contributed by atoms with Crippen LogP contribution < -0.4 is 16.6 Å². The molecular weight excluding hydrogens is 280 g/mol. The van der Waals surface area contributed by atoms with E-state index >= 15 is 0 Å². The van der Waals surface area contributed by atoms with Crippen molar-refractivity contribution < 1.29 is 0 Å². The van der Waals surface area contributed by atoms with Crippen LogP contribution in [0, 0.1) is 6.92 Å². The molecule has 1 aromatic heterocycles. The Hall–Kier alpha value is -1.59. The van der Waals surface area contributed by atoms with Crippen molar-refractivity contribution >= 4 is 33.3 Å². The minimum absolute atomic E-state index is 0.629. The number of nitrogens with two attached hydrogens (primary N) is 1. The van der Waals surface area contributed by atoms with Crippen LogP contribution in [0.25, 0.3) is 0 Å². The number of pyridine rings is 1. The van der Waals surface area contributed by atoms with Gasteiger partial charge in [0.2, 0.25) is 0 Å².